The van der Waals surface area contributed by atoms with Crippen molar-refractivity contribution in [2.45, 2.75) is 44.7 Å². The molecule has 1 fully saturated rings. The van der Waals surface area contributed by atoms with Crippen molar-refractivity contribution in [2.24, 2.45) is 0 Å². The lowest BCUT2D eigenvalue weighted by atomic mass is 9.93. The van der Waals surface area contributed by atoms with E-state index < -0.39 is 22.7 Å². The van der Waals surface area contributed by atoms with Crippen LogP contribution in [0.4, 0.5) is 0 Å². The third-order valence-corrected chi connectivity index (χ3v) is 4.55. The van der Waals surface area contributed by atoms with Crippen LogP contribution >= 0.6 is 0 Å². The van der Waals surface area contributed by atoms with Gasteiger partial charge in [-0.25, -0.2) is 4.79 Å². The number of carboxylic acids is 1. The molecule has 0 unspecified atom stereocenters. The lowest BCUT2D eigenvalue weighted by Crippen LogP contribution is -2.48. The van der Waals surface area contributed by atoms with Gasteiger partial charge in [0.15, 0.2) is 11.4 Å². The van der Waals surface area contributed by atoms with E-state index in [1.165, 1.54) is 11.0 Å². The molecule has 1 aliphatic heterocycles. The van der Waals surface area contributed by atoms with Crippen molar-refractivity contribution >= 4 is 11.9 Å². The summed E-state index contributed by atoms with van der Waals surface area (Å²) >= 11 is 0. The summed E-state index contributed by atoms with van der Waals surface area (Å²) in [5.74, 6) is -2.55. The van der Waals surface area contributed by atoms with E-state index in [0.29, 0.717) is 13.1 Å². The van der Waals surface area contributed by atoms with E-state index in [1.807, 2.05) is 0 Å². The first-order chi connectivity index (χ1) is 10.5. The number of carbonyl (C=O) groups is 2. The molecular weight excluding hydrogens is 288 g/mol. The zero-order valence-corrected chi connectivity index (χ0v) is 12.1. The predicted molar refractivity (Wildman–Crippen MR) is 77.2 cm³/mol. The number of nitrogens with zero attached hydrogens (tertiary/aromatic N) is 2. The Kier molecular flexibility index (Phi) is 3.64. The number of fused-ring (bicyclic) bond motifs is 1. The number of rotatable bonds is 2. The van der Waals surface area contributed by atoms with E-state index in [4.69, 9.17) is 5.11 Å². The summed E-state index contributed by atoms with van der Waals surface area (Å²) in [4.78, 5) is 37.3. The third-order valence-electron chi connectivity index (χ3n) is 4.55. The molecule has 0 radical (unpaired) electrons. The Morgan fingerprint density at radius 3 is 2.45 bits per heavy atom. The van der Waals surface area contributed by atoms with Gasteiger partial charge >= 0.3 is 5.97 Å². The zero-order valence-electron chi connectivity index (χ0n) is 12.1. The molecular formula is C15H18N2O5. The van der Waals surface area contributed by atoms with Crippen molar-refractivity contribution in [1.29, 1.82) is 0 Å². The summed E-state index contributed by atoms with van der Waals surface area (Å²) in [6.07, 6.45) is 6.34. The van der Waals surface area contributed by atoms with Crippen LogP contribution in [-0.2, 0) is 6.54 Å². The van der Waals surface area contributed by atoms with Gasteiger partial charge < -0.3 is 19.7 Å². The highest BCUT2D eigenvalue weighted by Gasteiger charge is 2.34. The molecule has 0 spiro atoms. The molecule has 1 aromatic heterocycles. The highest BCUT2D eigenvalue weighted by molar-refractivity contribution is 5.97. The van der Waals surface area contributed by atoms with Crippen molar-refractivity contribution in [3.63, 3.8) is 0 Å². The fraction of sp³-hybridized carbons (Fsp3) is 0.533. The quantitative estimate of drug-likeness (QED) is 0.850. The minimum Gasteiger partial charge on any atom is -0.503 e. The summed E-state index contributed by atoms with van der Waals surface area (Å²) in [6, 6.07) is 0.142. The zero-order chi connectivity index (χ0) is 15.9. The molecule has 3 rings (SSSR count). The molecule has 0 atom stereocenters. The Bertz CT molecular complexity index is 688. The standard InChI is InChI=1S/C15H18N2O5/c18-12-10(15(21)22)8-16-6-7-17(9-4-2-1-3-5-9)14(20)11(16)13(12)19/h8-9,19H,1-7H2,(H,21,22). The van der Waals surface area contributed by atoms with Gasteiger partial charge in [0.2, 0.25) is 5.43 Å². The van der Waals surface area contributed by atoms with Crippen LogP contribution in [0.2, 0.25) is 0 Å². The largest absolute Gasteiger partial charge is 0.503 e. The first-order valence-electron chi connectivity index (χ1n) is 7.51. The fourth-order valence-electron chi connectivity index (χ4n) is 3.40. The summed E-state index contributed by atoms with van der Waals surface area (Å²) in [5, 5.41) is 19.0. The number of pyridine rings is 1. The van der Waals surface area contributed by atoms with Crippen LogP contribution in [0, 0.1) is 0 Å². The molecule has 118 valence electrons. The normalized spacial score (nSPS) is 19.1. The number of hydrogen-bond acceptors (Lipinski definition) is 4. The van der Waals surface area contributed by atoms with E-state index in [-0.39, 0.29) is 17.6 Å². The molecule has 7 nitrogen and oxygen atoms in total. The Morgan fingerprint density at radius 2 is 1.82 bits per heavy atom. The highest BCUT2D eigenvalue weighted by atomic mass is 16.4. The number of aromatic hydroxyl groups is 1. The summed E-state index contributed by atoms with van der Waals surface area (Å²) < 4.78 is 1.38. The van der Waals surface area contributed by atoms with E-state index in [1.54, 1.807) is 4.90 Å². The molecule has 1 aliphatic carbocycles. The maximum Gasteiger partial charge on any atom is 0.341 e. The van der Waals surface area contributed by atoms with Gasteiger partial charge in [0, 0.05) is 25.3 Å². The van der Waals surface area contributed by atoms with Crippen LogP contribution in [0.15, 0.2) is 11.0 Å². The van der Waals surface area contributed by atoms with Crippen LogP contribution in [0.25, 0.3) is 0 Å². The smallest absolute Gasteiger partial charge is 0.341 e. The minimum atomic E-state index is -1.40. The predicted octanol–water partition coefficient (Wildman–Crippen LogP) is 1.04. The monoisotopic (exact) mass is 306 g/mol. The van der Waals surface area contributed by atoms with E-state index >= 15 is 0 Å². The van der Waals surface area contributed by atoms with Crippen molar-refractivity contribution in [1.82, 2.24) is 9.47 Å². The molecule has 0 aromatic carbocycles. The molecule has 1 amide bonds. The SMILES string of the molecule is O=C(O)c1cn2c(c(O)c1=O)C(=O)N(C1CCCCC1)CC2. The van der Waals surface area contributed by atoms with Gasteiger partial charge in [-0.15, -0.1) is 0 Å². The van der Waals surface area contributed by atoms with Crippen LogP contribution in [0.5, 0.6) is 5.75 Å². The average Bonchev–Trinajstić information content (AvgIpc) is 2.51. The van der Waals surface area contributed by atoms with E-state index in [9.17, 15) is 19.5 Å². The second kappa shape index (κ2) is 5.47. The number of aromatic nitrogens is 1. The summed E-state index contributed by atoms with van der Waals surface area (Å²) in [5.41, 5.74) is -1.61. The second-order valence-electron chi connectivity index (χ2n) is 5.86. The van der Waals surface area contributed by atoms with Crippen molar-refractivity contribution < 1.29 is 19.8 Å². The minimum absolute atomic E-state index is 0.0909. The van der Waals surface area contributed by atoms with Gasteiger partial charge in [-0.2, -0.15) is 0 Å². The van der Waals surface area contributed by atoms with Crippen molar-refractivity contribution in [2.75, 3.05) is 6.54 Å². The maximum absolute atomic E-state index is 12.6. The van der Waals surface area contributed by atoms with E-state index in [0.717, 1.165) is 31.9 Å². The molecule has 2 N–H and O–H groups in total. The Hall–Kier alpha value is -2.31. The van der Waals surface area contributed by atoms with E-state index in [2.05, 4.69) is 0 Å². The molecule has 1 aromatic rings. The first kappa shape index (κ1) is 14.6. The van der Waals surface area contributed by atoms with Crippen LogP contribution < -0.4 is 5.43 Å². The first-order valence-corrected chi connectivity index (χ1v) is 7.51. The third kappa shape index (κ3) is 2.26. The highest BCUT2D eigenvalue weighted by Crippen LogP contribution is 2.28. The van der Waals surface area contributed by atoms with Gasteiger partial charge in [0.25, 0.3) is 5.91 Å². The van der Waals surface area contributed by atoms with Gasteiger partial charge in [0.1, 0.15) is 5.56 Å². The molecule has 7 heteroatoms. The Morgan fingerprint density at radius 1 is 1.14 bits per heavy atom. The van der Waals surface area contributed by atoms with Gasteiger partial charge in [-0.1, -0.05) is 19.3 Å². The van der Waals surface area contributed by atoms with Crippen LogP contribution in [0.1, 0.15) is 53.0 Å². The average molecular weight is 306 g/mol. The lowest BCUT2D eigenvalue weighted by molar-refractivity contribution is 0.0558. The van der Waals surface area contributed by atoms with Crippen molar-refractivity contribution in [3.05, 3.63) is 27.7 Å². The number of carbonyl (C=O) groups excluding carboxylic acids is 1. The van der Waals surface area contributed by atoms with Gasteiger partial charge in [-0.3, -0.25) is 9.59 Å². The molecule has 2 aliphatic rings. The second-order valence-corrected chi connectivity index (χ2v) is 5.86. The fourth-order valence-corrected chi connectivity index (χ4v) is 3.40. The molecule has 1 saturated carbocycles. The number of amides is 1. The number of hydrogen-bond donors (Lipinski definition) is 2. The van der Waals surface area contributed by atoms with Crippen LogP contribution in [-0.4, -0.2) is 44.1 Å². The van der Waals surface area contributed by atoms with Crippen LogP contribution in [0.3, 0.4) is 0 Å². The summed E-state index contributed by atoms with van der Waals surface area (Å²) in [6.45, 7) is 0.851. The topological polar surface area (TPSA) is 99.8 Å². The summed E-state index contributed by atoms with van der Waals surface area (Å²) in [7, 11) is 0. The van der Waals surface area contributed by atoms with Gasteiger partial charge in [0.05, 0.1) is 0 Å². The number of carboxylic acid groups (broad SMARTS) is 1. The Labute approximate surface area is 126 Å². The molecule has 0 bridgehead atoms. The Balaban J connectivity index is 2.01. The lowest BCUT2D eigenvalue weighted by Gasteiger charge is -2.38. The molecule has 22 heavy (non-hydrogen) atoms. The van der Waals surface area contributed by atoms with Crippen molar-refractivity contribution in [3.8, 4) is 5.75 Å². The van der Waals surface area contributed by atoms with Gasteiger partial charge in [-0.05, 0) is 12.8 Å². The molecule has 2 heterocycles. The maximum atomic E-state index is 12.6. The molecule has 0 saturated heterocycles. The number of aromatic carboxylic acids is 1.